The van der Waals surface area contributed by atoms with Gasteiger partial charge >= 0.3 is 5.97 Å². The fourth-order valence-corrected chi connectivity index (χ4v) is 1.95. The molecule has 1 aromatic heterocycles. The molecule has 1 aromatic carbocycles. The summed E-state index contributed by atoms with van der Waals surface area (Å²) < 4.78 is 23.0. The summed E-state index contributed by atoms with van der Waals surface area (Å²) in [5.41, 5.74) is 0.444. The molecule has 0 radical (unpaired) electrons. The Hall–Kier alpha value is -1.66. The van der Waals surface area contributed by atoms with Gasteiger partial charge in [-0.3, -0.25) is 0 Å². The van der Waals surface area contributed by atoms with Crippen LogP contribution in [-0.2, 0) is 4.74 Å². The van der Waals surface area contributed by atoms with Gasteiger partial charge in [0.05, 0.1) is 11.6 Å². The van der Waals surface area contributed by atoms with Crippen molar-refractivity contribution in [3.63, 3.8) is 0 Å². The number of esters is 1. The first-order valence-electron chi connectivity index (χ1n) is 5.34. The van der Waals surface area contributed by atoms with Crippen LogP contribution in [-0.4, -0.2) is 18.2 Å². The molecule has 100 valence electrons. The molecular weight excluding hydrogens is 319 g/mol. The van der Waals surface area contributed by atoms with Crippen molar-refractivity contribution in [3.8, 4) is 0 Å². The first kappa shape index (κ1) is 13.8. The highest BCUT2D eigenvalue weighted by Crippen LogP contribution is 2.27. The van der Waals surface area contributed by atoms with Gasteiger partial charge in [-0.2, -0.15) is 0 Å². The normalized spacial score (nSPS) is 12.2. The molecule has 19 heavy (non-hydrogen) atoms. The van der Waals surface area contributed by atoms with Gasteiger partial charge < -0.3 is 14.3 Å². The minimum atomic E-state index is -1.09. The molecule has 0 bridgehead atoms. The van der Waals surface area contributed by atoms with E-state index >= 15 is 0 Å². The summed E-state index contributed by atoms with van der Waals surface area (Å²) in [7, 11) is 1.23. The van der Waals surface area contributed by atoms with E-state index in [4.69, 9.17) is 4.42 Å². The van der Waals surface area contributed by atoms with Crippen LogP contribution in [0.2, 0.25) is 0 Å². The summed E-state index contributed by atoms with van der Waals surface area (Å²) in [5, 5.41) is 10.1. The van der Waals surface area contributed by atoms with Crippen LogP contribution in [0.3, 0.4) is 0 Å². The standard InChI is InChI=1S/C13H10BrFO4/c1-18-13(17)11-5-4-10(19-11)12(16)7-2-3-9(15)8(14)6-7/h2-6,12,16H,1H3. The zero-order valence-electron chi connectivity index (χ0n) is 9.89. The van der Waals surface area contributed by atoms with Crippen LogP contribution in [0.4, 0.5) is 4.39 Å². The number of ether oxygens (including phenoxy) is 1. The molecule has 0 saturated heterocycles. The van der Waals surface area contributed by atoms with Crippen LogP contribution in [0.1, 0.15) is 28.0 Å². The van der Waals surface area contributed by atoms with Gasteiger partial charge in [-0.05, 0) is 45.8 Å². The maximum atomic E-state index is 13.1. The van der Waals surface area contributed by atoms with Gasteiger partial charge in [-0.15, -0.1) is 0 Å². The number of hydrogen-bond acceptors (Lipinski definition) is 4. The van der Waals surface area contributed by atoms with Crippen molar-refractivity contribution >= 4 is 21.9 Å². The van der Waals surface area contributed by atoms with Crippen molar-refractivity contribution in [2.75, 3.05) is 7.11 Å². The minimum Gasteiger partial charge on any atom is -0.463 e. The zero-order chi connectivity index (χ0) is 14.0. The van der Waals surface area contributed by atoms with E-state index < -0.39 is 17.9 Å². The molecule has 0 fully saturated rings. The third-order valence-corrected chi connectivity index (χ3v) is 3.15. The van der Waals surface area contributed by atoms with Gasteiger partial charge in [0, 0.05) is 0 Å². The molecule has 0 amide bonds. The number of hydrogen-bond donors (Lipinski definition) is 1. The number of furan rings is 1. The van der Waals surface area contributed by atoms with Crippen LogP contribution in [0.25, 0.3) is 0 Å². The van der Waals surface area contributed by atoms with Gasteiger partial charge in [-0.1, -0.05) is 6.07 Å². The lowest BCUT2D eigenvalue weighted by Gasteiger charge is -2.08. The van der Waals surface area contributed by atoms with Gasteiger partial charge in [0.15, 0.2) is 0 Å². The van der Waals surface area contributed by atoms with Crippen molar-refractivity contribution in [1.82, 2.24) is 0 Å². The van der Waals surface area contributed by atoms with Crippen LogP contribution in [0.15, 0.2) is 39.2 Å². The van der Waals surface area contributed by atoms with E-state index in [0.717, 1.165) is 0 Å². The second-order valence-electron chi connectivity index (χ2n) is 3.77. The van der Waals surface area contributed by atoms with Crippen molar-refractivity contribution in [1.29, 1.82) is 0 Å². The molecule has 0 aliphatic rings. The van der Waals surface area contributed by atoms with Crippen LogP contribution < -0.4 is 0 Å². The number of carbonyl (C=O) groups is 1. The monoisotopic (exact) mass is 328 g/mol. The summed E-state index contributed by atoms with van der Waals surface area (Å²) in [4.78, 5) is 11.2. The van der Waals surface area contributed by atoms with Crippen molar-refractivity contribution in [3.05, 3.63) is 57.7 Å². The Labute approximate surface area is 116 Å². The summed E-state index contributed by atoms with van der Waals surface area (Å²) in [6, 6.07) is 6.98. The Morgan fingerprint density at radius 1 is 1.42 bits per heavy atom. The number of aliphatic hydroxyl groups is 1. The van der Waals surface area contributed by atoms with E-state index in [1.54, 1.807) is 0 Å². The Bertz CT molecular complexity index is 608. The van der Waals surface area contributed by atoms with E-state index in [0.29, 0.717) is 5.56 Å². The average molecular weight is 329 g/mol. The molecule has 0 saturated carbocycles. The highest BCUT2D eigenvalue weighted by atomic mass is 79.9. The van der Waals surface area contributed by atoms with E-state index in [-0.39, 0.29) is 16.0 Å². The minimum absolute atomic E-state index is 0.00210. The second-order valence-corrected chi connectivity index (χ2v) is 4.62. The van der Waals surface area contributed by atoms with Gasteiger partial charge in [0.2, 0.25) is 5.76 Å². The number of halogens is 2. The van der Waals surface area contributed by atoms with Crippen molar-refractivity contribution in [2.24, 2.45) is 0 Å². The molecule has 2 rings (SSSR count). The lowest BCUT2D eigenvalue weighted by molar-refractivity contribution is 0.0558. The molecule has 1 atom stereocenters. The molecule has 2 aromatic rings. The first-order valence-corrected chi connectivity index (χ1v) is 6.13. The predicted molar refractivity (Wildman–Crippen MR) is 68.2 cm³/mol. The molecule has 1 unspecified atom stereocenters. The molecule has 1 N–H and O–H groups in total. The van der Waals surface area contributed by atoms with Crippen LogP contribution in [0.5, 0.6) is 0 Å². The summed E-state index contributed by atoms with van der Waals surface area (Å²) >= 11 is 3.04. The highest BCUT2D eigenvalue weighted by molar-refractivity contribution is 9.10. The maximum Gasteiger partial charge on any atom is 0.373 e. The van der Waals surface area contributed by atoms with Gasteiger partial charge in [-0.25, -0.2) is 9.18 Å². The molecule has 0 aliphatic carbocycles. The SMILES string of the molecule is COC(=O)c1ccc(C(O)c2ccc(F)c(Br)c2)o1. The molecule has 1 heterocycles. The summed E-state index contributed by atoms with van der Waals surface area (Å²) in [6.07, 6.45) is -1.09. The van der Waals surface area contributed by atoms with Crippen molar-refractivity contribution < 1.29 is 23.4 Å². The average Bonchev–Trinajstić information content (AvgIpc) is 2.89. The van der Waals surface area contributed by atoms with E-state index in [1.165, 1.54) is 37.4 Å². The fraction of sp³-hybridized carbons (Fsp3) is 0.154. The molecule has 0 spiro atoms. The number of aliphatic hydroxyl groups excluding tert-OH is 1. The van der Waals surface area contributed by atoms with Crippen LogP contribution in [0, 0.1) is 5.82 Å². The molecule has 0 aliphatic heterocycles. The van der Waals surface area contributed by atoms with Crippen molar-refractivity contribution in [2.45, 2.75) is 6.10 Å². The maximum absolute atomic E-state index is 13.1. The lowest BCUT2D eigenvalue weighted by Crippen LogP contribution is -2.00. The second kappa shape index (κ2) is 5.54. The quantitative estimate of drug-likeness (QED) is 0.880. The number of benzene rings is 1. The molecule has 4 nitrogen and oxygen atoms in total. The zero-order valence-corrected chi connectivity index (χ0v) is 11.5. The highest BCUT2D eigenvalue weighted by Gasteiger charge is 2.18. The van der Waals surface area contributed by atoms with E-state index in [9.17, 15) is 14.3 Å². The van der Waals surface area contributed by atoms with Gasteiger partial charge in [0.25, 0.3) is 0 Å². The number of carbonyl (C=O) groups excluding carboxylic acids is 1. The first-order chi connectivity index (χ1) is 9.02. The molecule has 6 heteroatoms. The summed E-state index contributed by atoms with van der Waals surface area (Å²) in [6.45, 7) is 0. The van der Waals surface area contributed by atoms with E-state index in [1.807, 2.05) is 0 Å². The third-order valence-electron chi connectivity index (χ3n) is 2.54. The third kappa shape index (κ3) is 2.85. The number of methoxy groups -OCH3 is 1. The molecular formula is C13H10BrFO4. The van der Waals surface area contributed by atoms with E-state index in [2.05, 4.69) is 20.7 Å². The Morgan fingerprint density at radius 3 is 2.79 bits per heavy atom. The Balaban J connectivity index is 2.28. The smallest absolute Gasteiger partial charge is 0.373 e. The summed E-state index contributed by atoms with van der Waals surface area (Å²) in [5.74, 6) is -0.874. The topological polar surface area (TPSA) is 59.7 Å². The number of rotatable bonds is 3. The van der Waals surface area contributed by atoms with Crippen LogP contribution >= 0.6 is 15.9 Å². The predicted octanol–water partition coefficient (Wildman–Crippen LogP) is 3.05. The van der Waals surface area contributed by atoms with Gasteiger partial charge in [0.1, 0.15) is 17.7 Å². The lowest BCUT2D eigenvalue weighted by atomic mass is 10.1. The Kier molecular flexibility index (Phi) is 4.01. The largest absolute Gasteiger partial charge is 0.463 e. The Morgan fingerprint density at radius 2 is 2.16 bits per heavy atom. The fourth-order valence-electron chi connectivity index (χ4n) is 1.56.